The Morgan fingerprint density at radius 1 is 0.891 bits per heavy atom. The number of rotatable bonds is 7. The molecule has 1 saturated heterocycles. The molecule has 0 saturated carbocycles. The fourth-order valence-corrected chi connectivity index (χ4v) is 6.66. The number of pyridine rings is 1. The lowest BCUT2D eigenvalue weighted by Gasteiger charge is -2.37. The highest BCUT2D eigenvalue weighted by atomic mass is 19.1. The molecule has 0 unspecified atom stereocenters. The zero-order valence-corrected chi connectivity index (χ0v) is 26.3. The predicted molar refractivity (Wildman–Crippen MR) is 181 cm³/mol. The van der Waals surface area contributed by atoms with Crippen LogP contribution in [0, 0.1) is 5.82 Å². The summed E-state index contributed by atoms with van der Waals surface area (Å²) in [6.45, 7) is 7.17. The van der Waals surface area contributed by atoms with E-state index in [9.17, 15) is 4.79 Å². The van der Waals surface area contributed by atoms with Crippen LogP contribution < -0.4 is 15.1 Å². The van der Waals surface area contributed by atoms with Crippen LogP contribution in [0.25, 0.3) is 10.9 Å². The van der Waals surface area contributed by atoms with Crippen LogP contribution in [0.1, 0.15) is 42.1 Å². The first-order chi connectivity index (χ1) is 22.4. The first-order valence-corrected chi connectivity index (χ1v) is 15.8. The number of nitrogens with zero attached hydrogens (tertiary/aromatic N) is 4. The Morgan fingerprint density at radius 2 is 1.43 bits per heavy atom. The number of anilines is 1. The van der Waals surface area contributed by atoms with Crippen LogP contribution in [-0.4, -0.2) is 55.0 Å². The number of piperazine rings is 1. The topological polar surface area (TPSA) is 59.3 Å². The second-order valence-electron chi connectivity index (χ2n) is 12.2. The minimum absolute atomic E-state index is 0.0779. The Balaban J connectivity index is 1.38. The van der Waals surface area contributed by atoms with E-state index in [4.69, 9.17) is 14.7 Å². The van der Waals surface area contributed by atoms with Crippen molar-refractivity contribution in [2.24, 2.45) is 5.16 Å². The molecule has 0 radical (unpaired) electrons. The highest BCUT2D eigenvalue weighted by Crippen LogP contribution is 2.43. The molecule has 0 spiro atoms. The van der Waals surface area contributed by atoms with Crippen LogP contribution >= 0.6 is 0 Å². The number of hydrogen-bond donors (Lipinski definition) is 0. The third-order valence-corrected chi connectivity index (χ3v) is 9.21. The largest absolute Gasteiger partial charge is 0.487 e. The molecule has 0 N–H and O–H groups in total. The normalized spacial score (nSPS) is 17.2. The summed E-state index contributed by atoms with van der Waals surface area (Å²) in [4.78, 5) is 25.1. The summed E-state index contributed by atoms with van der Waals surface area (Å²) >= 11 is 0. The van der Waals surface area contributed by atoms with E-state index in [1.807, 2.05) is 114 Å². The van der Waals surface area contributed by atoms with E-state index in [0.717, 1.165) is 29.8 Å². The fourth-order valence-electron chi connectivity index (χ4n) is 6.66. The predicted octanol–water partition coefficient (Wildman–Crippen LogP) is 6.58. The molecule has 234 valence electrons. The van der Waals surface area contributed by atoms with E-state index in [1.54, 1.807) is 6.92 Å². The zero-order chi connectivity index (χ0) is 31.8. The summed E-state index contributed by atoms with van der Waals surface area (Å²) in [7, 11) is 2.06. The van der Waals surface area contributed by atoms with Gasteiger partial charge in [-0.1, -0.05) is 96.2 Å². The van der Waals surface area contributed by atoms with Gasteiger partial charge in [-0.3, -0.25) is 4.79 Å². The average molecular weight is 617 g/mol. The van der Waals surface area contributed by atoms with Crippen molar-refractivity contribution in [1.29, 1.82) is 0 Å². The number of likely N-dealkylation sites (N-methyl/N-ethyl adjacent to an activating group) is 1. The monoisotopic (exact) mass is 616 g/mol. The molecule has 0 amide bonds. The molecule has 0 aliphatic carbocycles. The number of halogens is 1. The van der Waals surface area contributed by atoms with Gasteiger partial charge in [0.15, 0.2) is 17.0 Å². The van der Waals surface area contributed by atoms with Crippen molar-refractivity contribution in [3.63, 3.8) is 0 Å². The molecule has 7 nitrogen and oxygen atoms in total. The lowest BCUT2D eigenvalue weighted by molar-refractivity contribution is 0.0172. The van der Waals surface area contributed by atoms with Crippen molar-refractivity contribution >= 4 is 22.3 Å². The minimum atomic E-state index is -1.09. The maximum atomic E-state index is 15.9. The van der Waals surface area contributed by atoms with E-state index in [-0.39, 0.29) is 16.9 Å². The molecular weight excluding hydrogens is 579 g/mol. The summed E-state index contributed by atoms with van der Waals surface area (Å²) in [6, 6.07) is 31.1. The summed E-state index contributed by atoms with van der Waals surface area (Å²) in [5.74, 6) is -0.0205. The average Bonchev–Trinajstić information content (AvgIpc) is 3.09. The molecule has 1 aromatic heterocycles. The molecule has 1 atom stereocenters. The number of hydrogen-bond acceptors (Lipinski definition) is 6. The SMILES string of the molecule is C/C(=N\OC(c1ccccc1)(c1ccccc1)c1ccccc1)c1cn2c3c(c(N4CCN(C)CC4)c(F)cc3c1=O)OC[C@@H]2C. The highest BCUT2D eigenvalue weighted by molar-refractivity contribution is 6.02. The van der Waals surface area contributed by atoms with Gasteiger partial charge in [0.05, 0.1) is 28.2 Å². The van der Waals surface area contributed by atoms with Crippen LogP contribution in [0.4, 0.5) is 10.1 Å². The second kappa shape index (κ2) is 12.1. The number of ether oxygens (including phenoxy) is 1. The van der Waals surface area contributed by atoms with Gasteiger partial charge in [0.25, 0.3) is 0 Å². The summed E-state index contributed by atoms with van der Waals surface area (Å²) in [5, 5.41) is 4.96. The van der Waals surface area contributed by atoms with Crippen LogP contribution in [0.15, 0.2) is 113 Å². The Hall–Kier alpha value is -4.95. The number of aromatic nitrogens is 1. The van der Waals surface area contributed by atoms with Crippen molar-refractivity contribution < 1.29 is 14.0 Å². The van der Waals surface area contributed by atoms with Crippen molar-refractivity contribution in [3.05, 3.63) is 142 Å². The van der Waals surface area contributed by atoms with Gasteiger partial charge < -0.3 is 23.9 Å². The van der Waals surface area contributed by atoms with Gasteiger partial charge in [0.2, 0.25) is 5.60 Å². The molecule has 3 heterocycles. The van der Waals surface area contributed by atoms with Gasteiger partial charge in [0, 0.05) is 49.1 Å². The molecule has 46 heavy (non-hydrogen) atoms. The molecular formula is C38H37FN4O3. The van der Waals surface area contributed by atoms with Crippen molar-refractivity contribution in [3.8, 4) is 5.75 Å². The quantitative estimate of drug-likeness (QED) is 0.118. The van der Waals surface area contributed by atoms with Gasteiger partial charge >= 0.3 is 0 Å². The van der Waals surface area contributed by atoms with Gasteiger partial charge in [-0.25, -0.2) is 4.39 Å². The summed E-state index contributed by atoms with van der Waals surface area (Å²) < 4.78 is 24.2. The molecule has 5 aromatic rings. The zero-order valence-electron chi connectivity index (χ0n) is 26.3. The standard InChI is InChI=1S/C38H37FN4O3/c1-26-25-45-37-34-31(23-33(39)35(37)42-21-19-41(3)20-22-42)36(44)32(24-43(26)34)27(2)40-46-38(28-13-7-4-8-14-28,29-15-9-5-10-16-29)30-17-11-6-12-18-30/h4-18,23-24,26H,19-22,25H2,1-3H3/b40-27+/t26-/m0/s1. The molecule has 1 fully saturated rings. The van der Waals surface area contributed by atoms with E-state index < -0.39 is 11.4 Å². The smallest absolute Gasteiger partial charge is 0.212 e. The van der Waals surface area contributed by atoms with Gasteiger partial charge in [-0.15, -0.1) is 0 Å². The van der Waals surface area contributed by atoms with E-state index in [2.05, 4.69) is 11.9 Å². The van der Waals surface area contributed by atoms with E-state index >= 15 is 4.39 Å². The molecule has 2 aliphatic heterocycles. The summed E-state index contributed by atoms with van der Waals surface area (Å²) in [5.41, 5.74) is 3.06. The lowest BCUT2D eigenvalue weighted by atomic mass is 9.80. The van der Waals surface area contributed by atoms with Gasteiger partial charge in [0.1, 0.15) is 12.3 Å². The second-order valence-corrected chi connectivity index (χ2v) is 12.2. The van der Waals surface area contributed by atoms with Gasteiger partial charge in [-0.05, 0) is 27.0 Å². The first kappa shape index (κ1) is 29.7. The third-order valence-electron chi connectivity index (χ3n) is 9.21. The first-order valence-electron chi connectivity index (χ1n) is 15.8. The Labute approximate surface area is 268 Å². The van der Waals surface area contributed by atoms with Gasteiger partial charge in [-0.2, -0.15) is 0 Å². The van der Waals surface area contributed by atoms with Crippen LogP contribution in [0.3, 0.4) is 0 Å². The fraction of sp³-hybridized carbons (Fsp3) is 0.263. The van der Waals surface area contributed by atoms with Crippen LogP contribution in [0.5, 0.6) is 5.75 Å². The highest BCUT2D eigenvalue weighted by Gasteiger charge is 2.40. The van der Waals surface area contributed by atoms with E-state index in [1.165, 1.54) is 6.07 Å². The Bertz CT molecular complexity index is 1860. The number of oxime groups is 1. The van der Waals surface area contributed by atoms with Crippen LogP contribution in [0.2, 0.25) is 0 Å². The molecule has 8 heteroatoms. The lowest BCUT2D eigenvalue weighted by Crippen LogP contribution is -2.45. The van der Waals surface area contributed by atoms with Crippen molar-refractivity contribution in [2.75, 3.05) is 44.7 Å². The number of benzene rings is 4. The molecule has 7 rings (SSSR count). The Morgan fingerprint density at radius 3 is 1.98 bits per heavy atom. The van der Waals surface area contributed by atoms with E-state index in [0.29, 0.717) is 47.9 Å². The maximum Gasteiger partial charge on any atom is 0.212 e. The minimum Gasteiger partial charge on any atom is -0.487 e. The maximum absolute atomic E-state index is 15.9. The molecule has 2 aliphatic rings. The molecule has 4 aromatic carbocycles. The summed E-state index contributed by atoms with van der Waals surface area (Å²) in [6.07, 6.45) is 1.82. The van der Waals surface area contributed by atoms with Crippen LogP contribution in [-0.2, 0) is 10.4 Å². The van der Waals surface area contributed by atoms with Crippen molar-refractivity contribution in [1.82, 2.24) is 9.47 Å². The third kappa shape index (κ3) is 5.03. The Kier molecular flexibility index (Phi) is 7.82. The molecule has 0 bridgehead atoms. The van der Waals surface area contributed by atoms with Crippen molar-refractivity contribution in [2.45, 2.75) is 25.5 Å².